The average molecular weight is 416 g/mol. The Hall–Kier alpha value is -2.32. The molecule has 2 rings (SSSR count). The average Bonchev–Trinajstić information content (AvgIpc) is 3.04. The summed E-state index contributed by atoms with van der Waals surface area (Å²) in [7, 11) is 0. The van der Waals surface area contributed by atoms with Crippen LogP contribution in [0.1, 0.15) is 41.0 Å². The number of hydrogen-bond donors (Lipinski definition) is 1. The second-order valence-electron chi connectivity index (χ2n) is 5.64. The number of nitrogens with one attached hydrogen (secondary N) is 1. The van der Waals surface area contributed by atoms with Crippen LogP contribution in [0.5, 0.6) is 0 Å². The molecule has 27 heavy (non-hydrogen) atoms. The molecule has 0 fully saturated rings. The number of carbonyl (C=O) groups is 3. The Morgan fingerprint density at radius 3 is 2.56 bits per heavy atom. The van der Waals surface area contributed by atoms with Gasteiger partial charge in [0.2, 0.25) is 0 Å². The van der Waals surface area contributed by atoms with E-state index in [1.54, 1.807) is 12.1 Å². The number of benzene rings is 1. The van der Waals surface area contributed by atoms with Crippen molar-refractivity contribution in [1.82, 2.24) is 5.32 Å². The number of Topliss-reactive ketones (excluding diaryl/α,β-unsaturated/α-hetero) is 1. The third-order valence-corrected chi connectivity index (χ3v) is 4.85. The zero-order valence-electron chi connectivity index (χ0n) is 14.3. The summed E-state index contributed by atoms with van der Waals surface area (Å²) in [5.41, 5.74) is 0.108. The summed E-state index contributed by atoms with van der Waals surface area (Å²) in [5.74, 6) is -3.10. The molecule has 0 saturated heterocycles. The molecule has 2 aromatic rings. The molecular weight excluding hydrogens is 400 g/mol. The smallest absolute Gasteiger partial charge is 0.306 e. The Morgan fingerprint density at radius 1 is 1.19 bits per heavy atom. The molecule has 9 heteroatoms. The number of esters is 1. The van der Waals surface area contributed by atoms with Crippen LogP contribution in [-0.4, -0.2) is 24.3 Å². The number of ketones is 1. The minimum Gasteiger partial charge on any atom is -0.456 e. The highest BCUT2D eigenvalue weighted by Crippen LogP contribution is 2.23. The first kappa shape index (κ1) is 21.0. The van der Waals surface area contributed by atoms with Gasteiger partial charge >= 0.3 is 5.97 Å². The zero-order valence-corrected chi connectivity index (χ0v) is 15.8. The van der Waals surface area contributed by atoms with Crippen molar-refractivity contribution in [2.75, 3.05) is 6.61 Å². The highest BCUT2D eigenvalue weighted by Gasteiger charge is 2.16. The summed E-state index contributed by atoms with van der Waals surface area (Å²) in [5, 5.41) is 2.45. The molecule has 1 amide bonds. The number of hydrogen-bond acceptors (Lipinski definition) is 5. The second-order valence-corrected chi connectivity index (χ2v) is 7.36. The molecule has 0 spiro atoms. The van der Waals surface area contributed by atoms with Crippen molar-refractivity contribution in [3.05, 3.63) is 56.7 Å². The van der Waals surface area contributed by atoms with E-state index in [2.05, 4.69) is 5.32 Å². The maximum atomic E-state index is 13.7. The van der Waals surface area contributed by atoms with Gasteiger partial charge in [0.1, 0.15) is 11.6 Å². The first-order valence-electron chi connectivity index (χ1n) is 7.94. The van der Waals surface area contributed by atoms with Crippen molar-refractivity contribution in [3.63, 3.8) is 0 Å². The fourth-order valence-electron chi connectivity index (χ4n) is 2.23. The number of thiophene rings is 1. The first-order valence-corrected chi connectivity index (χ1v) is 9.14. The van der Waals surface area contributed by atoms with E-state index in [1.165, 1.54) is 13.0 Å². The summed E-state index contributed by atoms with van der Waals surface area (Å²) in [4.78, 5) is 35.8. The van der Waals surface area contributed by atoms with Crippen LogP contribution in [-0.2, 0) is 14.3 Å². The van der Waals surface area contributed by atoms with E-state index in [1.807, 2.05) is 0 Å². The minimum atomic E-state index is -0.785. The lowest BCUT2D eigenvalue weighted by Gasteiger charge is -2.15. The molecule has 0 unspecified atom stereocenters. The molecule has 0 radical (unpaired) electrons. The fraction of sp³-hybridized carbons (Fsp3) is 0.278. The number of rotatable bonds is 8. The van der Waals surface area contributed by atoms with E-state index in [-0.39, 0.29) is 24.2 Å². The third kappa shape index (κ3) is 6.41. The highest BCUT2D eigenvalue weighted by atomic mass is 35.5. The molecule has 144 valence electrons. The molecule has 1 atom stereocenters. The predicted molar refractivity (Wildman–Crippen MR) is 96.8 cm³/mol. The summed E-state index contributed by atoms with van der Waals surface area (Å²) in [6, 6.07) is 5.46. The molecular formula is C18H16ClF2NO4S. The van der Waals surface area contributed by atoms with Crippen molar-refractivity contribution in [2.24, 2.45) is 0 Å². The third-order valence-electron chi connectivity index (χ3n) is 3.57. The standard InChI is InChI=1S/C18H16ClF2NO4S/c1-10(12-3-2-11(20)8-13(12)21)22-17(24)9-26-18(25)7-4-14(23)15-5-6-16(19)27-15/h2-3,5-6,8,10H,4,7,9H2,1H3,(H,22,24)/t10-/m1/s1. The maximum absolute atomic E-state index is 13.7. The molecule has 0 saturated carbocycles. The first-order chi connectivity index (χ1) is 12.8. The number of halogens is 3. The number of amides is 1. The van der Waals surface area contributed by atoms with Gasteiger partial charge in [0.15, 0.2) is 12.4 Å². The lowest BCUT2D eigenvalue weighted by Crippen LogP contribution is -2.31. The van der Waals surface area contributed by atoms with Gasteiger partial charge in [-0.1, -0.05) is 17.7 Å². The highest BCUT2D eigenvalue weighted by molar-refractivity contribution is 7.18. The molecule has 0 aliphatic heterocycles. The molecule has 1 aromatic carbocycles. The van der Waals surface area contributed by atoms with E-state index in [4.69, 9.17) is 16.3 Å². The molecule has 0 aliphatic carbocycles. The molecule has 1 N–H and O–H groups in total. The van der Waals surface area contributed by atoms with Crippen molar-refractivity contribution in [1.29, 1.82) is 0 Å². The second kappa shape index (κ2) is 9.57. The summed E-state index contributed by atoms with van der Waals surface area (Å²) in [6.07, 6.45) is -0.238. The van der Waals surface area contributed by atoms with Crippen LogP contribution in [0.4, 0.5) is 8.78 Å². The van der Waals surface area contributed by atoms with E-state index >= 15 is 0 Å². The van der Waals surface area contributed by atoms with Gasteiger partial charge in [-0.2, -0.15) is 0 Å². The van der Waals surface area contributed by atoms with Crippen LogP contribution < -0.4 is 5.32 Å². The van der Waals surface area contributed by atoms with Gasteiger partial charge in [0.05, 0.1) is 21.7 Å². The molecule has 0 aliphatic rings. The van der Waals surface area contributed by atoms with Crippen molar-refractivity contribution >= 4 is 40.6 Å². The predicted octanol–water partition coefficient (Wildman–Crippen LogP) is 4.06. The summed E-state index contributed by atoms with van der Waals surface area (Å²) >= 11 is 6.86. The van der Waals surface area contributed by atoms with Crippen LogP contribution in [0.15, 0.2) is 30.3 Å². The van der Waals surface area contributed by atoms with Gasteiger partial charge in [-0.05, 0) is 25.1 Å². The Kier molecular flexibility index (Phi) is 7.44. The Balaban J connectivity index is 1.74. The lowest BCUT2D eigenvalue weighted by molar-refractivity contribution is -0.148. The zero-order chi connectivity index (χ0) is 20.0. The largest absolute Gasteiger partial charge is 0.456 e. The van der Waals surface area contributed by atoms with Gasteiger partial charge < -0.3 is 10.1 Å². The molecule has 0 bridgehead atoms. The van der Waals surface area contributed by atoms with Crippen molar-refractivity contribution in [2.45, 2.75) is 25.8 Å². The van der Waals surface area contributed by atoms with Crippen LogP contribution in [0.25, 0.3) is 0 Å². The van der Waals surface area contributed by atoms with E-state index in [0.717, 1.165) is 23.5 Å². The Labute approximate surface area is 163 Å². The Bertz CT molecular complexity index is 856. The SMILES string of the molecule is C[C@@H](NC(=O)COC(=O)CCC(=O)c1ccc(Cl)s1)c1ccc(F)cc1F. The van der Waals surface area contributed by atoms with E-state index < -0.39 is 36.2 Å². The van der Waals surface area contributed by atoms with Gasteiger partial charge in [0.25, 0.3) is 5.91 Å². The summed E-state index contributed by atoms with van der Waals surface area (Å²) in [6.45, 7) is 0.950. The maximum Gasteiger partial charge on any atom is 0.306 e. The fourth-order valence-corrected chi connectivity index (χ4v) is 3.25. The normalized spacial score (nSPS) is 11.7. The van der Waals surface area contributed by atoms with Crippen molar-refractivity contribution < 1.29 is 27.9 Å². The van der Waals surface area contributed by atoms with Gasteiger partial charge in [-0.3, -0.25) is 14.4 Å². The monoisotopic (exact) mass is 415 g/mol. The number of ether oxygens (including phenoxy) is 1. The molecule has 1 aromatic heterocycles. The van der Waals surface area contributed by atoms with Crippen molar-refractivity contribution in [3.8, 4) is 0 Å². The topological polar surface area (TPSA) is 72.5 Å². The molecule has 5 nitrogen and oxygen atoms in total. The van der Waals surface area contributed by atoms with Crippen LogP contribution >= 0.6 is 22.9 Å². The van der Waals surface area contributed by atoms with Crippen LogP contribution in [0, 0.1) is 11.6 Å². The Morgan fingerprint density at radius 2 is 1.93 bits per heavy atom. The van der Waals surface area contributed by atoms with E-state index in [0.29, 0.717) is 9.21 Å². The van der Waals surface area contributed by atoms with Gasteiger partial charge in [-0.15, -0.1) is 11.3 Å². The number of carbonyl (C=O) groups excluding carboxylic acids is 3. The van der Waals surface area contributed by atoms with Gasteiger partial charge in [-0.25, -0.2) is 8.78 Å². The van der Waals surface area contributed by atoms with Gasteiger partial charge in [0, 0.05) is 18.1 Å². The van der Waals surface area contributed by atoms with Crippen LogP contribution in [0.3, 0.4) is 0 Å². The molecule has 1 heterocycles. The van der Waals surface area contributed by atoms with Crippen LogP contribution in [0.2, 0.25) is 4.34 Å². The lowest BCUT2D eigenvalue weighted by atomic mass is 10.1. The van der Waals surface area contributed by atoms with E-state index in [9.17, 15) is 23.2 Å². The summed E-state index contributed by atoms with van der Waals surface area (Å²) < 4.78 is 31.9. The quantitative estimate of drug-likeness (QED) is 0.521. The minimum absolute atomic E-state index is 0.0610.